The van der Waals surface area contributed by atoms with Gasteiger partial charge in [-0.25, -0.2) is 4.98 Å². The molecule has 108 valence electrons. The van der Waals surface area contributed by atoms with Crippen LogP contribution in [0.15, 0.2) is 23.8 Å². The first-order valence-electron chi connectivity index (χ1n) is 6.67. The second-order valence-corrected chi connectivity index (χ2v) is 6.41. The summed E-state index contributed by atoms with van der Waals surface area (Å²) in [5, 5.41) is 2.49. The minimum atomic E-state index is 0. The summed E-state index contributed by atoms with van der Waals surface area (Å²) in [6.45, 7) is 0. The fourth-order valence-corrected chi connectivity index (χ4v) is 4.46. The van der Waals surface area contributed by atoms with Crippen molar-refractivity contribution < 1.29 is 0 Å². The van der Waals surface area contributed by atoms with Crippen molar-refractivity contribution in [1.82, 2.24) is 4.98 Å². The first-order valence-corrected chi connectivity index (χ1v) is 7.49. The Morgan fingerprint density at radius 3 is 2.85 bits per heavy atom. The van der Waals surface area contributed by atoms with Crippen LogP contribution >= 0.6 is 36.2 Å². The maximum absolute atomic E-state index is 6.19. The molecule has 2 unspecified atom stereocenters. The van der Waals surface area contributed by atoms with Crippen LogP contribution in [0.2, 0.25) is 0 Å². The molecule has 2 nitrogen and oxygen atoms in total. The molecule has 1 saturated carbocycles. The second kappa shape index (κ2) is 6.02. The standard InChI is InChI=1S/C15H16N2S.2ClH/c16-12-7-3-6-11(12)15-17-14-10-5-2-1-4-9(10)8-13(14)18-15;;/h1-2,4,8,11-12H,3,5-7,16H2;2*1H. The second-order valence-electron chi connectivity index (χ2n) is 5.34. The fourth-order valence-electron chi connectivity index (χ4n) is 3.20. The molecular formula is C15H18Cl2N2S. The van der Waals surface area contributed by atoms with Crippen LogP contribution in [0.1, 0.15) is 36.6 Å². The molecular weight excluding hydrogens is 311 g/mol. The van der Waals surface area contributed by atoms with Crippen LogP contribution in [0.5, 0.6) is 0 Å². The van der Waals surface area contributed by atoms with Gasteiger partial charge in [-0.2, -0.15) is 0 Å². The first kappa shape index (κ1) is 15.8. The van der Waals surface area contributed by atoms with Crippen LogP contribution in [0, 0.1) is 0 Å². The van der Waals surface area contributed by atoms with Crippen molar-refractivity contribution in [3.63, 3.8) is 0 Å². The number of allylic oxidation sites excluding steroid dienone is 4. The molecule has 2 atom stereocenters. The Morgan fingerprint density at radius 1 is 1.25 bits per heavy atom. The van der Waals surface area contributed by atoms with E-state index in [1.807, 2.05) is 11.3 Å². The van der Waals surface area contributed by atoms with Crippen molar-refractivity contribution in [2.75, 3.05) is 0 Å². The van der Waals surface area contributed by atoms with Gasteiger partial charge in [0, 0.05) is 12.0 Å². The molecule has 2 N–H and O–H groups in total. The third-order valence-corrected chi connectivity index (χ3v) is 5.35. The lowest BCUT2D eigenvalue weighted by Gasteiger charge is -2.11. The average molecular weight is 329 g/mol. The van der Waals surface area contributed by atoms with Crippen molar-refractivity contribution in [3.05, 3.63) is 38.7 Å². The summed E-state index contributed by atoms with van der Waals surface area (Å²) in [6.07, 6.45) is 13.5. The van der Waals surface area contributed by atoms with Crippen molar-refractivity contribution in [2.24, 2.45) is 5.73 Å². The van der Waals surface area contributed by atoms with E-state index in [1.54, 1.807) is 0 Å². The summed E-state index contributed by atoms with van der Waals surface area (Å²) in [5.74, 6) is 0.501. The zero-order valence-electron chi connectivity index (χ0n) is 11.0. The zero-order valence-corrected chi connectivity index (χ0v) is 13.5. The third-order valence-electron chi connectivity index (χ3n) is 4.21. The lowest BCUT2D eigenvalue weighted by molar-refractivity contribution is 0.609. The number of fused-ring (bicyclic) bond motifs is 2. The maximum atomic E-state index is 6.19. The lowest BCUT2D eigenvalue weighted by atomic mass is 10.0. The van der Waals surface area contributed by atoms with Crippen LogP contribution in [-0.2, 0) is 0 Å². The van der Waals surface area contributed by atoms with Gasteiger partial charge in [0.25, 0.3) is 0 Å². The zero-order chi connectivity index (χ0) is 12.1. The SMILES string of the molecule is Cl.Cl.NC1CCCC1c1nc2c(s1)=CC1=CC=CCC=21. The summed E-state index contributed by atoms with van der Waals surface area (Å²) >= 11 is 1.85. The Hall–Kier alpha value is -0.610. The summed E-state index contributed by atoms with van der Waals surface area (Å²) < 4.78 is 1.34. The van der Waals surface area contributed by atoms with Gasteiger partial charge in [-0.1, -0.05) is 24.6 Å². The van der Waals surface area contributed by atoms with Gasteiger partial charge < -0.3 is 5.73 Å². The van der Waals surface area contributed by atoms with Crippen LogP contribution in [-0.4, -0.2) is 11.0 Å². The Kier molecular flexibility index (Phi) is 4.75. The Morgan fingerprint density at radius 2 is 2.10 bits per heavy atom. The third kappa shape index (κ3) is 2.37. The lowest BCUT2D eigenvalue weighted by Crippen LogP contribution is -2.24. The Bertz CT molecular complexity index is 687. The van der Waals surface area contributed by atoms with E-state index in [1.165, 1.54) is 38.9 Å². The van der Waals surface area contributed by atoms with Gasteiger partial charge in [-0.05, 0) is 36.5 Å². The van der Waals surface area contributed by atoms with Crippen molar-refractivity contribution in [3.8, 4) is 0 Å². The molecule has 0 spiro atoms. The van der Waals surface area contributed by atoms with E-state index in [2.05, 4.69) is 24.3 Å². The van der Waals surface area contributed by atoms with Gasteiger partial charge in [0.05, 0.1) is 14.9 Å². The molecule has 0 aliphatic heterocycles. The van der Waals surface area contributed by atoms with Gasteiger partial charge in [0.15, 0.2) is 0 Å². The van der Waals surface area contributed by atoms with Crippen molar-refractivity contribution in [1.29, 1.82) is 0 Å². The molecule has 1 fully saturated rings. The van der Waals surface area contributed by atoms with Crippen LogP contribution in [0.25, 0.3) is 11.6 Å². The molecule has 3 aliphatic carbocycles. The topological polar surface area (TPSA) is 38.9 Å². The highest BCUT2D eigenvalue weighted by atomic mass is 35.5. The molecule has 0 radical (unpaired) electrons. The van der Waals surface area contributed by atoms with Crippen molar-refractivity contribution >= 4 is 47.8 Å². The predicted molar refractivity (Wildman–Crippen MR) is 90.1 cm³/mol. The van der Waals surface area contributed by atoms with Crippen LogP contribution in [0.3, 0.4) is 0 Å². The number of hydrogen-bond donors (Lipinski definition) is 1. The molecule has 1 heterocycles. The normalized spacial score (nSPS) is 26.1. The molecule has 0 bridgehead atoms. The van der Waals surface area contributed by atoms with Gasteiger partial charge in [-0.15, -0.1) is 36.2 Å². The van der Waals surface area contributed by atoms with E-state index in [9.17, 15) is 0 Å². The van der Waals surface area contributed by atoms with Crippen LogP contribution < -0.4 is 15.6 Å². The van der Waals surface area contributed by atoms with E-state index in [-0.39, 0.29) is 24.8 Å². The van der Waals surface area contributed by atoms with E-state index in [0.717, 1.165) is 12.8 Å². The molecule has 1 aromatic heterocycles. The fraction of sp³-hybridized carbons (Fsp3) is 0.400. The molecule has 0 aromatic carbocycles. The minimum absolute atomic E-state index is 0. The Balaban J connectivity index is 0.000000735. The number of nitrogens with two attached hydrogens (primary N) is 1. The number of thiazole rings is 1. The molecule has 20 heavy (non-hydrogen) atoms. The summed E-state index contributed by atoms with van der Waals surface area (Å²) in [4.78, 5) is 4.90. The number of nitrogens with zero attached hydrogens (tertiary/aromatic N) is 1. The molecule has 0 saturated heterocycles. The highest BCUT2D eigenvalue weighted by molar-refractivity contribution is 7.09. The number of hydrogen-bond acceptors (Lipinski definition) is 3. The predicted octanol–water partition coefficient (Wildman–Crippen LogP) is 2.41. The highest BCUT2D eigenvalue weighted by Gasteiger charge is 2.28. The van der Waals surface area contributed by atoms with Gasteiger partial charge in [0.1, 0.15) is 0 Å². The molecule has 4 rings (SSSR count). The maximum Gasteiger partial charge on any atom is 0.0985 e. The quantitative estimate of drug-likeness (QED) is 0.859. The van der Waals surface area contributed by atoms with Gasteiger partial charge in [-0.3, -0.25) is 0 Å². The summed E-state index contributed by atoms with van der Waals surface area (Å²) in [6, 6.07) is 0.322. The largest absolute Gasteiger partial charge is 0.327 e. The highest BCUT2D eigenvalue weighted by Crippen LogP contribution is 2.33. The summed E-state index contributed by atoms with van der Waals surface area (Å²) in [5.41, 5.74) is 8.95. The molecule has 5 heteroatoms. The van der Waals surface area contributed by atoms with E-state index >= 15 is 0 Å². The van der Waals surface area contributed by atoms with Crippen molar-refractivity contribution in [2.45, 2.75) is 37.6 Å². The molecule has 0 amide bonds. The molecule has 1 aromatic rings. The smallest absolute Gasteiger partial charge is 0.0985 e. The average Bonchev–Trinajstić information content (AvgIpc) is 3.01. The van der Waals surface area contributed by atoms with E-state index in [0.29, 0.717) is 12.0 Å². The minimum Gasteiger partial charge on any atom is -0.327 e. The number of rotatable bonds is 1. The monoisotopic (exact) mass is 328 g/mol. The van der Waals surface area contributed by atoms with Gasteiger partial charge >= 0.3 is 0 Å². The van der Waals surface area contributed by atoms with Crippen LogP contribution in [0.4, 0.5) is 0 Å². The van der Waals surface area contributed by atoms with E-state index in [4.69, 9.17) is 10.7 Å². The first-order chi connectivity index (χ1) is 8.83. The summed E-state index contributed by atoms with van der Waals surface area (Å²) in [7, 11) is 0. The molecule has 3 aliphatic rings. The number of aromatic nitrogens is 1. The number of halogens is 2. The van der Waals surface area contributed by atoms with E-state index < -0.39 is 0 Å². The Labute approximate surface area is 135 Å². The van der Waals surface area contributed by atoms with Gasteiger partial charge in [0.2, 0.25) is 0 Å².